The van der Waals surface area contributed by atoms with Crippen LogP contribution in [0.5, 0.6) is 0 Å². The van der Waals surface area contributed by atoms with Gasteiger partial charge in [-0.05, 0) is 0 Å². The Bertz CT molecular complexity index is 590. The molecule has 138 valence electrons. The van der Waals surface area contributed by atoms with Gasteiger partial charge in [-0.1, -0.05) is 0 Å². The molecule has 1 fully saturated rings. The first-order chi connectivity index (χ1) is 11.8. The molecule has 0 saturated carbocycles. The molecule has 0 unspecified atom stereocenters. The molecule has 0 bridgehead atoms. The Hall–Kier alpha value is -1.20. The van der Waals surface area contributed by atoms with Crippen LogP contribution in [-0.4, -0.2) is 61.1 Å². The molecule has 5 nitrogen and oxygen atoms in total. The van der Waals surface area contributed by atoms with E-state index in [2.05, 4.69) is 15.6 Å². The van der Waals surface area contributed by atoms with Crippen molar-refractivity contribution in [3.8, 4) is 0 Å². The van der Waals surface area contributed by atoms with E-state index in [4.69, 9.17) is 9.47 Å². The fourth-order valence-electron chi connectivity index (χ4n) is 2.74. The van der Waals surface area contributed by atoms with E-state index in [0.717, 1.165) is 5.56 Å². The second-order valence-corrected chi connectivity index (χ2v) is 7.78. The van der Waals surface area contributed by atoms with Gasteiger partial charge >= 0.3 is 157 Å². The zero-order valence-electron chi connectivity index (χ0n) is 15.2. The maximum atomic E-state index is 13.2. The number of nitrogens with zero attached hydrogens (tertiary/aromatic N) is 1. The van der Waals surface area contributed by atoms with E-state index < -0.39 is 12.2 Å². The van der Waals surface area contributed by atoms with Gasteiger partial charge in [-0.15, -0.1) is 0 Å². The Kier molecular flexibility index (Phi) is 7.20. The first kappa shape index (κ1) is 20.1. The third kappa shape index (κ3) is 4.91. The number of aliphatic hydroxyl groups is 1. The fraction of sp³-hybridized carbons (Fsp3) is 0.579. The van der Waals surface area contributed by atoms with Crippen molar-refractivity contribution in [3.63, 3.8) is 0 Å². The molecule has 1 aliphatic heterocycles. The molecule has 2 rings (SSSR count). The number of carbonyl (C=O) groups excluding carboxylic acids is 1. The molecule has 0 radical (unpaired) electrons. The van der Waals surface area contributed by atoms with Crippen LogP contribution in [0.25, 0.3) is 0 Å². The minimum atomic E-state index is -0.938. The predicted molar refractivity (Wildman–Crippen MR) is 98.0 cm³/mol. The molecule has 6 heteroatoms. The van der Waals surface area contributed by atoms with Crippen LogP contribution < -0.4 is 0 Å². The number of hydrogen-bond acceptors (Lipinski definition) is 4. The molecule has 0 spiro atoms. The van der Waals surface area contributed by atoms with E-state index in [0.29, 0.717) is 11.3 Å². The molecule has 1 aliphatic rings. The van der Waals surface area contributed by atoms with Crippen LogP contribution in [-0.2, 0) is 20.9 Å². The third-order valence-electron chi connectivity index (χ3n) is 4.42. The molecule has 1 aromatic rings. The predicted octanol–water partition coefficient (Wildman–Crippen LogP) is 1.73. The van der Waals surface area contributed by atoms with Crippen molar-refractivity contribution < 1.29 is 19.4 Å². The molecule has 1 heterocycles. The van der Waals surface area contributed by atoms with Crippen LogP contribution in [0.1, 0.15) is 33.3 Å². The van der Waals surface area contributed by atoms with Gasteiger partial charge in [-0.2, -0.15) is 0 Å². The zero-order chi connectivity index (χ0) is 18.6. The van der Waals surface area contributed by atoms with Gasteiger partial charge in [-0.25, -0.2) is 0 Å². The summed E-state index contributed by atoms with van der Waals surface area (Å²) in [5, 5.41) is 10.6. The quantitative estimate of drug-likeness (QED) is 0.693. The van der Waals surface area contributed by atoms with Gasteiger partial charge in [0.2, 0.25) is 0 Å². The standard InChI is InChI=1S/C19H27NO4Se/c1-12(2)15-11-24-19(25)20(15)18(22)17(16(21)13(3)4)23-10-14-8-6-5-7-9-14/h5-9,12-13,15-17,21H,10-11H2,1-4H3/t15-,16-,17-/m1/s1. The topological polar surface area (TPSA) is 59.0 Å². The Morgan fingerprint density at radius 1 is 1.32 bits per heavy atom. The van der Waals surface area contributed by atoms with Crippen LogP contribution in [0.3, 0.4) is 0 Å². The molecule has 1 N–H and O–H groups in total. The monoisotopic (exact) mass is 413 g/mol. The first-order valence-electron chi connectivity index (χ1n) is 8.66. The molecule has 1 saturated heterocycles. The summed E-state index contributed by atoms with van der Waals surface area (Å²) in [4.78, 5) is 14.8. The number of amides is 1. The number of carbonyl (C=O) groups is 1. The van der Waals surface area contributed by atoms with Crippen LogP contribution in [0.2, 0.25) is 0 Å². The van der Waals surface area contributed by atoms with Crippen molar-refractivity contribution in [2.45, 2.75) is 52.6 Å². The minimum absolute atomic E-state index is 0.0639. The van der Waals surface area contributed by atoms with Gasteiger partial charge in [-0.3, -0.25) is 0 Å². The van der Waals surface area contributed by atoms with Gasteiger partial charge in [0.1, 0.15) is 0 Å². The summed E-state index contributed by atoms with van der Waals surface area (Å²) >= 11 is 2.81. The summed E-state index contributed by atoms with van der Waals surface area (Å²) in [6.45, 7) is 8.57. The van der Waals surface area contributed by atoms with Gasteiger partial charge in [0.05, 0.1) is 0 Å². The van der Waals surface area contributed by atoms with Crippen LogP contribution >= 0.6 is 0 Å². The first-order valence-corrected chi connectivity index (χ1v) is 9.52. The summed E-state index contributed by atoms with van der Waals surface area (Å²) in [5.74, 6) is -0.127. The summed E-state index contributed by atoms with van der Waals surface area (Å²) in [5.41, 5.74) is 0.960. The van der Waals surface area contributed by atoms with E-state index in [9.17, 15) is 9.90 Å². The summed E-state index contributed by atoms with van der Waals surface area (Å²) in [6, 6.07) is 9.58. The van der Waals surface area contributed by atoms with Crippen molar-refractivity contribution in [2.75, 3.05) is 6.61 Å². The molecular formula is C19H27NO4Se. The molecule has 3 atom stereocenters. The van der Waals surface area contributed by atoms with Gasteiger partial charge in [0.25, 0.3) is 0 Å². The van der Waals surface area contributed by atoms with Crippen molar-refractivity contribution in [1.82, 2.24) is 4.90 Å². The van der Waals surface area contributed by atoms with Gasteiger partial charge < -0.3 is 0 Å². The Labute approximate surface area is 157 Å². The molecule has 25 heavy (non-hydrogen) atoms. The van der Waals surface area contributed by atoms with Crippen molar-refractivity contribution >= 4 is 26.2 Å². The number of ether oxygens (including phenoxy) is 2. The molecule has 1 amide bonds. The van der Waals surface area contributed by atoms with Crippen LogP contribution in [0, 0.1) is 11.8 Å². The normalized spacial score (nSPS) is 20.0. The number of aliphatic hydroxyl groups excluding tert-OH is 1. The van der Waals surface area contributed by atoms with E-state index in [1.165, 1.54) is 0 Å². The van der Waals surface area contributed by atoms with Crippen LogP contribution in [0.15, 0.2) is 30.3 Å². The molecule has 0 aliphatic carbocycles. The molecule has 0 aromatic heterocycles. The molecule has 1 aromatic carbocycles. The Morgan fingerprint density at radius 3 is 2.52 bits per heavy atom. The summed E-state index contributed by atoms with van der Waals surface area (Å²) in [7, 11) is 0. The SMILES string of the molecule is CC(C)[C@@H](O)[C@@H](OCc1ccccc1)C(=O)N1C(=[Se])OC[C@@H]1C(C)C. The maximum absolute atomic E-state index is 13.2. The third-order valence-corrected chi connectivity index (χ3v) is 5.08. The van der Waals surface area contributed by atoms with E-state index in [-0.39, 0.29) is 30.4 Å². The van der Waals surface area contributed by atoms with E-state index in [1.54, 1.807) is 4.90 Å². The van der Waals surface area contributed by atoms with Crippen molar-refractivity contribution in [1.29, 1.82) is 0 Å². The average molecular weight is 412 g/mol. The van der Waals surface area contributed by atoms with Gasteiger partial charge in [0, 0.05) is 0 Å². The fourth-order valence-corrected chi connectivity index (χ4v) is 3.36. The van der Waals surface area contributed by atoms with E-state index in [1.807, 2.05) is 58.0 Å². The van der Waals surface area contributed by atoms with E-state index >= 15 is 0 Å². The Morgan fingerprint density at radius 2 is 1.96 bits per heavy atom. The summed E-state index contributed by atoms with van der Waals surface area (Å²) < 4.78 is 11.9. The van der Waals surface area contributed by atoms with Gasteiger partial charge in [0.15, 0.2) is 0 Å². The number of hydrogen-bond donors (Lipinski definition) is 1. The second-order valence-electron chi connectivity index (χ2n) is 7.05. The van der Waals surface area contributed by atoms with Crippen LogP contribution in [0.4, 0.5) is 0 Å². The number of rotatable bonds is 7. The zero-order valence-corrected chi connectivity index (χ0v) is 16.9. The number of benzene rings is 1. The summed E-state index contributed by atoms with van der Waals surface area (Å²) in [6.07, 6.45) is -1.83. The molecular weight excluding hydrogens is 385 g/mol. The van der Waals surface area contributed by atoms with Crippen molar-refractivity contribution in [2.24, 2.45) is 11.8 Å². The average Bonchev–Trinajstić information content (AvgIpc) is 2.97. The Balaban J connectivity index is 2.19. The van der Waals surface area contributed by atoms with Crippen molar-refractivity contribution in [3.05, 3.63) is 35.9 Å². The second kappa shape index (κ2) is 8.95.